The predicted molar refractivity (Wildman–Crippen MR) is 110 cm³/mol. The number of hydrogen-bond acceptors (Lipinski definition) is 3. The number of carbonyl (C=O) groups is 1. The van der Waals surface area contributed by atoms with Crippen molar-refractivity contribution in [3.63, 3.8) is 0 Å². The van der Waals surface area contributed by atoms with Crippen molar-refractivity contribution in [3.05, 3.63) is 68.5 Å². The molecular weight excluding hydrogens is 434 g/mol. The Labute approximate surface area is 169 Å². The van der Waals surface area contributed by atoms with Gasteiger partial charge in [-0.05, 0) is 36.6 Å². The van der Waals surface area contributed by atoms with Crippen LogP contribution >= 0.6 is 38.9 Å². The van der Waals surface area contributed by atoms with Gasteiger partial charge in [-0.15, -0.1) is 11.3 Å². The van der Waals surface area contributed by atoms with Crippen LogP contribution in [0.5, 0.6) is 0 Å². The van der Waals surface area contributed by atoms with Crippen LogP contribution in [-0.4, -0.2) is 19.1 Å². The first-order valence-corrected chi connectivity index (χ1v) is 10.4. The van der Waals surface area contributed by atoms with Crippen LogP contribution in [-0.2, 0) is 10.3 Å². The molecule has 134 valence electrons. The van der Waals surface area contributed by atoms with E-state index in [9.17, 15) is 4.79 Å². The van der Waals surface area contributed by atoms with Crippen molar-refractivity contribution in [2.75, 3.05) is 13.2 Å². The van der Waals surface area contributed by atoms with E-state index in [2.05, 4.69) is 33.4 Å². The summed E-state index contributed by atoms with van der Waals surface area (Å²) in [5.74, 6) is -0.127. The number of fused-ring (bicyclic) bond motifs is 1. The molecule has 1 N–H and O–H groups in total. The summed E-state index contributed by atoms with van der Waals surface area (Å²) in [6.07, 6.45) is 1.47. The number of rotatable bonds is 3. The van der Waals surface area contributed by atoms with Crippen LogP contribution in [0.3, 0.4) is 0 Å². The second-order valence-electron chi connectivity index (χ2n) is 6.40. The third-order valence-electron chi connectivity index (χ3n) is 4.82. The first-order valence-electron chi connectivity index (χ1n) is 8.42. The van der Waals surface area contributed by atoms with Gasteiger partial charge in [-0.2, -0.15) is 0 Å². The maximum Gasteiger partial charge on any atom is 0.263 e. The Morgan fingerprint density at radius 3 is 2.65 bits per heavy atom. The Kier molecular flexibility index (Phi) is 5.06. The van der Waals surface area contributed by atoms with Crippen molar-refractivity contribution in [3.8, 4) is 0 Å². The average Bonchev–Trinajstić information content (AvgIpc) is 3.00. The van der Waals surface area contributed by atoms with Crippen molar-refractivity contribution in [2.45, 2.75) is 18.4 Å². The average molecular weight is 451 g/mol. The Hall–Kier alpha value is -1.40. The van der Waals surface area contributed by atoms with Crippen LogP contribution in [0.4, 0.5) is 0 Å². The summed E-state index contributed by atoms with van der Waals surface area (Å²) < 4.78 is 7.56. The first-order chi connectivity index (χ1) is 12.6. The molecule has 26 heavy (non-hydrogen) atoms. The van der Waals surface area contributed by atoms with Gasteiger partial charge in [-0.3, -0.25) is 4.79 Å². The van der Waals surface area contributed by atoms with Gasteiger partial charge < -0.3 is 10.1 Å². The minimum atomic E-state index is -0.446. The van der Waals surface area contributed by atoms with Gasteiger partial charge in [0.2, 0.25) is 0 Å². The third kappa shape index (κ3) is 3.29. The number of hydrogen-bond donors (Lipinski definition) is 1. The van der Waals surface area contributed by atoms with Gasteiger partial charge in [-0.1, -0.05) is 57.9 Å². The highest BCUT2D eigenvalue weighted by Crippen LogP contribution is 2.38. The zero-order chi connectivity index (χ0) is 18.1. The number of halogens is 2. The van der Waals surface area contributed by atoms with E-state index in [-0.39, 0.29) is 5.91 Å². The van der Waals surface area contributed by atoms with E-state index >= 15 is 0 Å². The van der Waals surface area contributed by atoms with Crippen LogP contribution in [0.15, 0.2) is 53.0 Å². The van der Waals surface area contributed by atoms with Crippen molar-refractivity contribution < 1.29 is 9.53 Å². The van der Waals surface area contributed by atoms with Gasteiger partial charge in [-0.25, -0.2) is 0 Å². The predicted octanol–water partition coefficient (Wildman–Crippen LogP) is 5.75. The Morgan fingerprint density at radius 1 is 1.15 bits per heavy atom. The third-order valence-corrected chi connectivity index (χ3v) is 6.98. The molecule has 0 spiro atoms. The molecule has 3 nitrogen and oxygen atoms in total. The maximum absolute atomic E-state index is 13.1. The summed E-state index contributed by atoms with van der Waals surface area (Å²) in [5.41, 5.74) is 0.638. The molecule has 1 saturated heterocycles. The van der Waals surface area contributed by atoms with Crippen molar-refractivity contribution in [2.24, 2.45) is 0 Å². The highest BCUT2D eigenvalue weighted by atomic mass is 79.9. The van der Waals surface area contributed by atoms with Crippen LogP contribution in [0.1, 0.15) is 28.1 Å². The monoisotopic (exact) mass is 449 g/mol. The lowest BCUT2D eigenvalue weighted by Gasteiger charge is -2.38. The summed E-state index contributed by atoms with van der Waals surface area (Å²) in [5, 5.41) is 4.73. The van der Waals surface area contributed by atoms with Gasteiger partial charge in [0, 0.05) is 27.8 Å². The van der Waals surface area contributed by atoms with E-state index < -0.39 is 5.54 Å². The molecule has 0 aliphatic carbocycles. The largest absolute Gasteiger partial charge is 0.381 e. The molecular formula is C20H17BrClNO2S. The van der Waals surface area contributed by atoms with Gasteiger partial charge in [0.1, 0.15) is 4.88 Å². The number of nitrogens with one attached hydrogen (secondary N) is 1. The van der Waals surface area contributed by atoms with Crippen molar-refractivity contribution in [1.82, 2.24) is 5.32 Å². The van der Waals surface area contributed by atoms with E-state index in [1.165, 1.54) is 11.3 Å². The van der Waals surface area contributed by atoms with Gasteiger partial charge in [0.05, 0.1) is 10.6 Å². The lowest BCUT2D eigenvalue weighted by atomic mass is 9.82. The molecule has 0 unspecified atom stereocenters. The van der Waals surface area contributed by atoms with Gasteiger partial charge in [0.15, 0.2) is 0 Å². The number of carbonyl (C=O) groups excluding carboxylic acids is 1. The molecule has 1 aromatic heterocycles. The maximum atomic E-state index is 13.1. The minimum absolute atomic E-state index is 0.127. The summed E-state index contributed by atoms with van der Waals surface area (Å²) in [6.45, 7) is 1.24. The quantitative estimate of drug-likeness (QED) is 0.551. The second-order valence-corrected chi connectivity index (χ2v) is 8.75. The molecule has 0 saturated carbocycles. The molecule has 2 heterocycles. The molecule has 1 amide bonds. The molecule has 1 aliphatic rings. The van der Waals surface area contributed by atoms with E-state index in [4.69, 9.17) is 16.3 Å². The second kappa shape index (κ2) is 7.31. The summed E-state index contributed by atoms with van der Waals surface area (Å²) in [7, 11) is 0. The fraction of sp³-hybridized carbons (Fsp3) is 0.250. The van der Waals surface area contributed by atoms with E-state index in [0.29, 0.717) is 23.1 Å². The van der Waals surface area contributed by atoms with Crippen molar-refractivity contribution >= 4 is 54.9 Å². The van der Waals surface area contributed by atoms with Crippen LogP contribution in [0, 0.1) is 0 Å². The van der Waals surface area contributed by atoms with Crippen LogP contribution in [0.2, 0.25) is 5.02 Å². The normalized spacial score (nSPS) is 16.5. The zero-order valence-electron chi connectivity index (χ0n) is 13.9. The Bertz CT molecular complexity index is 965. The topological polar surface area (TPSA) is 38.3 Å². The number of amides is 1. The molecule has 0 atom stereocenters. The molecule has 2 aromatic carbocycles. The summed E-state index contributed by atoms with van der Waals surface area (Å²) in [6, 6.07) is 15.9. The van der Waals surface area contributed by atoms with Crippen LogP contribution in [0.25, 0.3) is 10.1 Å². The summed E-state index contributed by atoms with van der Waals surface area (Å²) >= 11 is 11.5. The Morgan fingerprint density at radius 2 is 1.92 bits per heavy atom. The van der Waals surface area contributed by atoms with E-state index in [1.807, 2.05) is 36.4 Å². The molecule has 0 radical (unpaired) electrons. The number of benzene rings is 2. The first kappa shape index (κ1) is 18.0. The molecule has 1 fully saturated rings. The van der Waals surface area contributed by atoms with Crippen LogP contribution < -0.4 is 5.32 Å². The fourth-order valence-electron chi connectivity index (χ4n) is 3.43. The van der Waals surface area contributed by atoms with E-state index in [1.54, 1.807) is 0 Å². The smallest absolute Gasteiger partial charge is 0.263 e. The number of ether oxygens (including phenoxy) is 1. The van der Waals surface area contributed by atoms with Gasteiger partial charge >= 0.3 is 0 Å². The lowest BCUT2D eigenvalue weighted by molar-refractivity contribution is 0.0346. The molecule has 3 aromatic rings. The highest BCUT2D eigenvalue weighted by molar-refractivity contribution is 9.10. The highest BCUT2D eigenvalue weighted by Gasteiger charge is 2.37. The Balaban J connectivity index is 1.71. The van der Waals surface area contributed by atoms with E-state index in [0.717, 1.165) is 33.0 Å². The minimum Gasteiger partial charge on any atom is -0.381 e. The fourth-order valence-corrected chi connectivity index (χ4v) is 5.24. The molecule has 0 bridgehead atoms. The summed E-state index contributed by atoms with van der Waals surface area (Å²) in [4.78, 5) is 13.7. The number of thiophene rings is 1. The zero-order valence-corrected chi connectivity index (χ0v) is 17.1. The van der Waals surface area contributed by atoms with Crippen molar-refractivity contribution in [1.29, 1.82) is 0 Å². The lowest BCUT2D eigenvalue weighted by Crippen LogP contribution is -2.49. The SMILES string of the molecule is O=C(NC1(c2cccc(Br)c2)CCOCC1)c1sc2ccccc2c1Cl. The van der Waals surface area contributed by atoms with Gasteiger partial charge in [0.25, 0.3) is 5.91 Å². The molecule has 6 heteroatoms. The molecule has 1 aliphatic heterocycles. The standard InChI is InChI=1S/C20H17BrClNO2S/c21-14-5-3-4-13(12-14)20(8-10-25-11-9-20)23-19(24)18-17(22)15-6-1-2-7-16(15)26-18/h1-7,12H,8-11H2,(H,23,24). The molecule has 4 rings (SSSR count).